The zero-order chi connectivity index (χ0) is 80.3. The number of anilines is 4. The maximum Gasteiger partial charge on any atom is 0.261 e. The van der Waals surface area contributed by atoms with Gasteiger partial charge in [0.25, 0.3) is 23.6 Å². The minimum absolute atomic E-state index is 0.0143. The van der Waals surface area contributed by atoms with Gasteiger partial charge in [0.1, 0.15) is 29.0 Å². The Hall–Kier alpha value is -10.7. The smallest absolute Gasteiger partial charge is 0.261 e. The molecule has 23 nitrogen and oxygen atoms in total. The molecule has 4 saturated heterocycles. The number of piperazine rings is 2. The van der Waals surface area contributed by atoms with E-state index in [9.17, 15) is 51.5 Å². The van der Waals surface area contributed by atoms with E-state index in [2.05, 4.69) is 57.8 Å². The van der Waals surface area contributed by atoms with Gasteiger partial charge in [-0.05, 0) is 180 Å². The average Bonchev–Trinajstić information content (AvgIpc) is 0.795. The molecule has 8 aromatic rings. The van der Waals surface area contributed by atoms with Crippen LogP contribution in [0, 0.1) is 17.5 Å². The number of methoxy groups -OCH3 is 2. The number of para-hydroxylation sites is 2. The molecule has 0 atom stereocenters. The number of nitrogens with zero attached hydrogens (tertiary/aromatic N) is 7. The molecule has 0 spiro atoms. The van der Waals surface area contributed by atoms with Gasteiger partial charge in [0.2, 0.25) is 0 Å². The van der Waals surface area contributed by atoms with Gasteiger partial charge in [-0.2, -0.15) is 0 Å². The van der Waals surface area contributed by atoms with Gasteiger partial charge in [-0.3, -0.25) is 53.1 Å². The zero-order valence-corrected chi connectivity index (χ0v) is 64.8. The number of morpholine rings is 2. The van der Waals surface area contributed by atoms with Crippen molar-refractivity contribution in [1.29, 1.82) is 0 Å². The van der Waals surface area contributed by atoms with Crippen molar-refractivity contribution < 1.29 is 70.5 Å². The van der Waals surface area contributed by atoms with Crippen molar-refractivity contribution in [2.75, 3.05) is 180 Å². The number of benzene rings is 7. The van der Waals surface area contributed by atoms with Crippen LogP contribution in [-0.2, 0) is 9.47 Å². The molecule has 26 heteroatoms. The summed E-state index contributed by atoms with van der Waals surface area (Å²) >= 11 is 0. The van der Waals surface area contributed by atoms with Crippen LogP contribution >= 0.6 is 0 Å². The SMILES string of the molecule is CN(C(=O)c1ccccc1F)c1ccccc1C(=O)CCCN1CCOCC1.CN1CCN(CCCC(=O)c2ccccc2NC(=O)c2ccc(F)cc2)CC1.COc1ccc(C(=O)Nc2ccncc2C(=O)CCCN2CCOCC2)cc1.COc1cccc(C(=O)Nc2cccc(F)c2C(=O)CCCN2CCNCC2)c1. The van der Waals surface area contributed by atoms with Crippen molar-refractivity contribution in [2.24, 2.45) is 0 Å². The lowest BCUT2D eigenvalue weighted by Gasteiger charge is -2.32. The van der Waals surface area contributed by atoms with E-state index in [0.29, 0.717) is 87.6 Å². The van der Waals surface area contributed by atoms with Crippen molar-refractivity contribution in [3.05, 3.63) is 244 Å². The fraction of sp³-hybridized carbons (Fsp3) is 0.368. The summed E-state index contributed by atoms with van der Waals surface area (Å²) in [5, 5.41) is 11.5. The molecule has 1 aromatic heterocycles. The third-order valence-corrected chi connectivity index (χ3v) is 19.7. The Morgan fingerprint density at radius 3 is 1.48 bits per heavy atom. The maximum atomic E-state index is 14.4. The number of nitrogens with one attached hydrogen (secondary N) is 4. The quantitative estimate of drug-likeness (QED) is 0.0305. The maximum absolute atomic E-state index is 14.4. The van der Waals surface area contributed by atoms with E-state index in [-0.39, 0.29) is 58.2 Å². The molecule has 4 fully saturated rings. The lowest BCUT2D eigenvalue weighted by atomic mass is 10.0. The summed E-state index contributed by atoms with van der Waals surface area (Å²) in [6, 6.07) is 44.5. The standard InChI is InChI=1S/C22H26FN3O3.C22H26FN3O2.C22H25FN2O3.C21H25N3O4/c1-29-17-6-2-5-16(15-17)22(28)25-19-8-3-7-18(23)21(19)20(27)9-4-12-26-13-10-24-11-14-26;1-25-13-15-26(16-14-25)12-4-7-21(27)19-5-2-3-6-20(19)24-22(28)17-8-10-18(23)11-9-17;1-24(22(27)17-7-2-4-9-19(17)23)20-10-5-3-8-18(20)21(26)11-6-12-25-13-15-28-16-14-25;1-27-17-6-4-16(5-7-17)21(26)23-19-8-9-22-15-18(19)20(25)3-2-10-24-11-13-28-14-12-24/h2-3,5-8,15,24H,4,9-14H2,1H3,(H,25,28);2-3,5-6,8-11H,4,7,12-16H2,1H3,(H,24,28);2-5,7-10H,6,11-16H2,1H3;4-9,15H,2-3,10-14H2,1H3,(H,22,23,26). The Labute approximate surface area is 659 Å². The number of carbonyl (C=O) groups is 8. The van der Waals surface area contributed by atoms with Crippen molar-refractivity contribution in [2.45, 2.75) is 51.4 Å². The second kappa shape index (κ2) is 45.7. The number of pyridine rings is 1. The highest BCUT2D eigenvalue weighted by atomic mass is 19.1. The van der Waals surface area contributed by atoms with E-state index in [1.54, 1.807) is 136 Å². The Bertz CT molecular complexity index is 4430. The van der Waals surface area contributed by atoms with Crippen LogP contribution in [0.1, 0.15) is 134 Å². The van der Waals surface area contributed by atoms with E-state index in [1.807, 2.05) is 0 Å². The summed E-state index contributed by atoms with van der Waals surface area (Å²) in [4.78, 5) is 118. The Morgan fingerprint density at radius 2 is 0.894 bits per heavy atom. The molecule has 4 aliphatic rings. The third-order valence-electron chi connectivity index (χ3n) is 19.7. The number of halogens is 3. The van der Waals surface area contributed by atoms with E-state index < -0.39 is 29.3 Å². The Kier molecular flexibility index (Phi) is 34.9. The van der Waals surface area contributed by atoms with Crippen LogP contribution < -0.4 is 35.6 Å². The van der Waals surface area contributed by atoms with E-state index in [1.165, 1.54) is 72.8 Å². The molecule has 12 rings (SSSR count). The molecule has 5 heterocycles. The van der Waals surface area contributed by atoms with Gasteiger partial charge in [-0.25, -0.2) is 13.2 Å². The summed E-state index contributed by atoms with van der Waals surface area (Å²) in [6.45, 7) is 18.0. The van der Waals surface area contributed by atoms with Crippen molar-refractivity contribution in [3.63, 3.8) is 0 Å². The number of hydrogen-bond donors (Lipinski definition) is 4. The number of carbonyl (C=O) groups excluding carboxylic acids is 8. The van der Waals surface area contributed by atoms with Crippen molar-refractivity contribution >= 4 is 69.5 Å². The summed E-state index contributed by atoms with van der Waals surface area (Å²) < 4.78 is 62.4. The summed E-state index contributed by atoms with van der Waals surface area (Å²) in [5.74, 6) is -2.25. The molecule has 0 unspecified atom stereocenters. The first-order valence-electron chi connectivity index (χ1n) is 38.3. The largest absolute Gasteiger partial charge is 0.497 e. The molecule has 4 amide bonds. The lowest BCUT2D eigenvalue weighted by Crippen LogP contribution is -2.44. The van der Waals surface area contributed by atoms with Crippen LogP contribution in [0.5, 0.6) is 11.5 Å². The Balaban J connectivity index is 0.000000173. The Morgan fingerprint density at radius 1 is 0.442 bits per heavy atom. The average molecular weight is 1550 g/mol. The monoisotopic (exact) mass is 1550 g/mol. The normalized spacial score (nSPS) is 14.7. The lowest BCUT2D eigenvalue weighted by molar-refractivity contribution is 0.0370. The van der Waals surface area contributed by atoms with E-state index in [0.717, 1.165) is 150 Å². The predicted octanol–water partition coefficient (Wildman–Crippen LogP) is 12.3. The van der Waals surface area contributed by atoms with Crippen LogP contribution in [0.15, 0.2) is 182 Å². The van der Waals surface area contributed by atoms with E-state index in [4.69, 9.17) is 18.9 Å². The van der Waals surface area contributed by atoms with Crippen LogP contribution in [0.4, 0.5) is 35.9 Å². The number of ether oxygens (including phenoxy) is 4. The predicted molar refractivity (Wildman–Crippen MR) is 431 cm³/mol. The van der Waals surface area contributed by atoms with Crippen LogP contribution in [0.2, 0.25) is 0 Å². The molecule has 0 bridgehead atoms. The van der Waals surface area contributed by atoms with Gasteiger partial charge in [0.05, 0.1) is 80.1 Å². The van der Waals surface area contributed by atoms with Gasteiger partial charge >= 0.3 is 0 Å². The minimum atomic E-state index is -0.624. The molecular weight excluding hydrogens is 1450 g/mol. The summed E-state index contributed by atoms with van der Waals surface area (Å²) in [6.07, 6.45) is 7.51. The van der Waals surface area contributed by atoms with E-state index >= 15 is 0 Å². The van der Waals surface area contributed by atoms with Crippen LogP contribution in [-0.4, -0.2) is 236 Å². The molecular formula is C87H102F3N11O12. The third kappa shape index (κ3) is 27.3. The fourth-order valence-electron chi connectivity index (χ4n) is 13.1. The topological polar surface area (TPSA) is 254 Å². The number of rotatable bonds is 30. The molecule has 4 N–H and O–H groups in total. The molecule has 0 aliphatic carbocycles. The number of ketones is 4. The highest BCUT2D eigenvalue weighted by Crippen LogP contribution is 2.28. The zero-order valence-electron chi connectivity index (χ0n) is 64.8. The summed E-state index contributed by atoms with van der Waals surface area (Å²) in [5.41, 5.74) is 4.20. The molecule has 0 radical (unpaired) electrons. The number of Topliss-reactive ketones (excluding diaryl/α,β-unsaturated/α-hetero) is 4. The first-order valence-corrected chi connectivity index (χ1v) is 38.3. The molecule has 0 saturated carbocycles. The molecule has 4 aliphatic heterocycles. The number of amides is 4. The number of aromatic nitrogens is 1. The minimum Gasteiger partial charge on any atom is -0.497 e. The summed E-state index contributed by atoms with van der Waals surface area (Å²) in [7, 11) is 6.77. The van der Waals surface area contributed by atoms with Gasteiger partial charge in [0.15, 0.2) is 23.1 Å². The molecule has 7 aromatic carbocycles. The van der Waals surface area contributed by atoms with Gasteiger partial charge in [0, 0.05) is 151 Å². The van der Waals surface area contributed by atoms with Crippen molar-refractivity contribution in [1.82, 2.24) is 34.8 Å². The molecule has 598 valence electrons. The van der Waals surface area contributed by atoms with Crippen LogP contribution in [0.3, 0.4) is 0 Å². The second-order valence-electron chi connectivity index (χ2n) is 27.6. The fourth-order valence-corrected chi connectivity index (χ4v) is 13.1. The van der Waals surface area contributed by atoms with Crippen LogP contribution in [0.25, 0.3) is 0 Å². The van der Waals surface area contributed by atoms with Gasteiger partial charge in [-0.15, -0.1) is 0 Å². The highest BCUT2D eigenvalue weighted by Gasteiger charge is 2.25. The first kappa shape index (κ1) is 86.3. The highest BCUT2D eigenvalue weighted by molar-refractivity contribution is 6.13. The first-order chi connectivity index (χ1) is 54.8. The number of hydrogen-bond acceptors (Lipinski definition) is 19. The van der Waals surface area contributed by atoms with Gasteiger partial charge in [-0.1, -0.05) is 48.5 Å². The van der Waals surface area contributed by atoms with Gasteiger partial charge < -0.3 is 59.8 Å². The van der Waals surface area contributed by atoms with Crippen molar-refractivity contribution in [3.8, 4) is 11.5 Å². The molecule has 113 heavy (non-hydrogen) atoms. The second-order valence-corrected chi connectivity index (χ2v) is 27.6. The number of likely N-dealkylation sites (N-methyl/N-ethyl adjacent to an activating group) is 1.